The predicted molar refractivity (Wildman–Crippen MR) is 145 cm³/mol. The summed E-state index contributed by atoms with van der Waals surface area (Å²) in [5.74, 6) is -2.31. The predicted octanol–water partition coefficient (Wildman–Crippen LogP) is 7.84. The molecule has 1 unspecified atom stereocenters. The molecule has 2 aromatic carbocycles. The molecular formula is C31H34F3NO3. The van der Waals surface area contributed by atoms with Crippen molar-refractivity contribution in [2.45, 2.75) is 64.7 Å². The molecule has 2 aromatic rings. The average molecular weight is 526 g/mol. The van der Waals surface area contributed by atoms with E-state index in [1.54, 1.807) is 18.2 Å². The number of anilines is 1. The molecule has 2 N–H and O–H groups in total. The summed E-state index contributed by atoms with van der Waals surface area (Å²) in [6, 6.07) is 9.92. The number of aryl methyl sites for hydroxylation is 1. The van der Waals surface area contributed by atoms with Gasteiger partial charge in [0.15, 0.2) is 0 Å². The fraction of sp³-hybridized carbons (Fsp3) is 0.355. The van der Waals surface area contributed by atoms with Crippen molar-refractivity contribution in [2.75, 3.05) is 5.32 Å². The number of halogens is 3. The van der Waals surface area contributed by atoms with Gasteiger partial charge in [-0.3, -0.25) is 9.59 Å². The first-order valence-corrected chi connectivity index (χ1v) is 12.9. The molecule has 4 nitrogen and oxygen atoms in total. The topological polar surface area (TPSA) is 66.4 Å². The van der Waals surface area contributed by atoms with Crippen LogP contribution in [0.2, 0.25) is 0 Å². The van der Waals surface area contributed by atoms with Gasteiger partial charge in [0.25, 0.3) is 6.43 Å². The van der Waals surface area contributed by atoms with Crippen molar-refractivity contribution in [3.05, 3.63) is 94.8 Å². The zero-order valence-electron chi connectivity index (χ0n) is 21.8. The van der Waals surface area contributed by atoms with Gasteiger partial charge in [0.2, 0.25) is 5.91 Å². The summed E-state index contributed by atoms with van der Waals surface area (Å²) in [5.41, 5.74) is 2.90. The molecule has 202 valence electrons. The first-order chi connectivity index (χ1) is 18.2. The van der Waals surface area contributed by atoms with Gasteiger partial charge in [-0.05, 0) is 79.5 Å². The number of allylic oxidation sites excluding steroid dienone is 5. The Morgan fingerprint density at radius 1 is 1.18 bits per heavy atom. The van der Waals surface area contributed by atoms with E-state index < -0.39 is 24.1 Å². The summed E-state index contributed by atoms with van der Waals surface area (Å²) >= 11 is 0. The number of benzene rings is 2. The maximum Gasteiger partial charge on any atom is 0.303 e. The number of hydrogen-bond donors (Lipinski definition) is 2. The van der Waals surface area contributed by atoms with Crippen LogP contribution in [0.15, 0.2) is 66.8 Å². The molecule has 38 heavy (non-hydrogen) atoms. The van der Waals surface area contributed by atoms with E-state index in [2.05, 4.69) is 11.9 Å². The number of carboxylic acid groups (broad SMARTS) is 1. The molecule has 1 aliphatic carbocycles. The number of carboxylic acids is 1. The van der Waals surface area contributed by atoms with Crippen molar-refractivity contribution in [1.82, 2.24) is 0 Å². The van der Waals surface area contributed by atoms with E-state index in [1.165, 1.54) is 37.3 Å². The highest BCUT2D eigenvalue weighted by Crippen LogP contribution is 2.39. The molecule has 0 heterocycles. The Balaban J connectivity index is 1.93. The largest absolute Gasteiger partial charge is 0.481 e. The minimum atomic E-state index is -2.70. The summed E-state index contributed by atoms with van der Waals surface area (Å²) in [4.78, 5) is 24.6. The van der Waals surface area contributed by atoms with Crippen LogP contribution < -0.4 is 5.32 Å². The molecule has 0 aliphatic heterocycles. The smallest absolute Gasteiger partial charge is 0.303 e. The highest BCUT2D eigenvalue weighted by Gasteiger charge is 2.33. The summed E-state index contributed by atoms with van der Waals surface area (Å²) in [6.45, 7) is 6.99. The third-order valence-electron chi connectivity index (χ3n) is 7.26. The maximum absolute atomic E-state index is 15.4. The SMILES string of the molecule is C=C/C(=C\C(=C/C)C(F)F)c1ccc(C(C(=O)Nc2cccc(CCC(=O)O)c2C)C2CCCC2)cc1F. The second-order valence-corrected chi connectivity index (χ2v) is 9.63. The highest BCUT2D eigenvalue weighted by molar-refractivity contribution is 5.97. The molecule has 1 atom stereocenters. The van der Waals surface area contributed by atoms with Crippen molar-refractivity contribution in [3.8, 4) is 0 Å². The minimum Gasteiger partial charge on any atom is -0.481 e. The monoisotopic (exact) mass is 525 g/mol. The number of carbonyl (C=O) groups excluding carboxylic acids is 1. The number of alkyl halides is 2. The van der Waals surface area contributed by atoms with Crippen molar-refractivity contribution in [1.29, 1.82) is 0 Å². The van der Waals surface area contributed by atoms with Crippen LogP contribution in [0.4, 0.5) is 18.9 Å². The summed E-state index contributed by atoms with van der Waals surface area (Å²) < 4.78 is 41.9. The molecule has 0 saturated heterocycles. The summed E-state index contributed by atoms with van der Waals surface area (Å²) in [6.07, 6.45) is 5.14. The Bertz CT molecular complexity index is 1240. The van der Waals surface area contributed by atoms with Gasteiger partial charge in [-0.2, -0.15) is 0 Å². The Hall–Kier alpha value is -3.61. The quantitative estimate of drug-likeness (QED) is 0.294. The van der Waals surface area contributed by atoms with Crippen molar-refractivity contribution >= 4 is 23.1 Å². The molecule has 1 saturated carbocycles. The van der Waals surface area contributed by atoms with Crippen LogP contribution >= 0.6 is 0 Å². The van der Waals surface area contributed by atoms with Gasteiger partial charge in [-0.25, -0.2) is 13.2 Å². The number of carbonyl (C=O) groups is 2. The molecule has 1 amide bonds. The fourth-order valence-corrected chi connectivity index (χ4v) is 5.13. The molecule has 0 bridgehead atoms. The Labute approximate surface area is 222 Å². The average Bonchev–Trinajstić information content (AvgIpc) is 3.40. The standard InChI is InChI=1S/C31H34F3NO3/c1-4-20(17-21(5-2)30(33)34)25-15-13-24(18-26(25)32)29(23-9-6-7-10-23)31(38)35-27-12-8-11-22(19(27)3)14-16-28(36)37/h4-5,8,11-13,15,17-18,23,29-30H,1,6-7,9-10,14,16H2,2-3H3,(H,35,38)(H,36,37)/b20-17+,21-5+. The zero-order valence-corrected chi connectivity index (χ0v) is 21.8. The van der Waals surface area contributed by atoms with Crippen LogP contribution in [0, 0.1) is 18.7 Å². The molecule has 0 radical (unpaired) electrons. The molecule has 3 rings (SSSR count). The van der Waals surface area contributed by atoms with Gasteiger partial charge in [0, 0.05) is 23.2 Å². The van der Waals surface area contributed by atoms with Gasteiger partial charge in [-0.15, -0.1) is 0 Å². The first-order valence-electron chi connectivity index (χ1n) is 12.9. The molecule has 0 aromatic heterocycles. The second-order valence-electron chi connectivity index (χ2n) is 9.63. The van der Waals surface area contributed by atoms with Gasteiger partial charge in [0.1, 0.15) is 5.82 Å². The van der Waals surface area contributed by atoms with E-state index in [0.29, 0.717) is 17.7 Å². The minimum absolute atomic E-state index is 0.0113. The van der Waals surface area contributed by atoms with Crippen molar-refractivity contribution in [2.24, 2.45) is 5.92 Å². The number of nitrogens with one attached hydrogen (secondary N) is 1. The van der Waals surface area contributed by atoms with Gasteiger partial charge >= 0.3 is 5.97 Å². The lowest BCUT2D eigenvalue weighted by atomic mass is 9.83. The van der Waals surface area contributed by atoms with Crippen molar-refractivity contribution in [3.63, 3.8) is 0 Å². The van der Waals surface area contributed by atoms with Crippen LogP contribution in [-0.4, -0.2) is 23.4 Å². The van der Waals surface area contributed by atoms with E-state index in [0.717, 1.165) is 36.8 Å². The lowest BCUT2D eigenvalue weighted by Gasteiger charge is -2.24. The van der Waals surface area contributed by atoms with Crippen LogP contribution in [0.3, 0.4) is 0 Å². The number of amides is 1. The van der Waals surface area contributed by atoms with E-state index >= 15 is 4.39 Å². The van der Waals surface area contributed by atoms with Gasteiger partial charge in [0.05, 0.1) is 5.92 Å². The van der Waals surface area contributed by atoms with E-state index in [-0.39, 0.29) is 35.0 Å². The third kappa shape index (κ3) is 7.03. The van der Waals surface area contributed by atoms with Crippen LogP contribution in [0.1, 0.15) is 67.2 Å². The fourth-order valence-electron chi connectivity index (χ4n) is 5.13. The molecule has 1 aliphatic rings. The van der Waals surface area contributed by atoms with E-state index in [1.807, 2.05) is 13.0 Å². The Morgan fingerprint density at radius 2 is 1.89 bits per heavy atom. The molecule has 7 heteroatoms. The van der Waals surface area contributed by atoms with Crippen molar-refractivity contribution < 1.29 is 27.9 Å². The van der Waals surface area contributed by atoms with Crippen LogP contribution in [0.5, 0.6) is 0 Å². The number of aliphatic carboxylic acids is 1. The van der Waals surface area contributed by atoms with Gasteiger partial charge in [-0.1, -0.05) is 55.8 Å². The maximum atomic E-state index is 15.4. The first kappa shape index (κ1) is 29.0. The zero-order chi connectivity index (χ0) is 27.8. The summed E-state index contributed by atoms with van der Waals surface area (Å²) in [7, 11) is 0. The number of hydrogen-bond acceptors (Lipinski definition) is 2. The third-order valence-corrected chi connectivity index (χ3v) is 7.26. The number of rotatable bonds is 11. The highest BCUT2D eigenvalue weighted by atomic mass is 19.3. The normalized spacial score (nSPS) is 15.5. The summed E-state index contributed by atoms with van der Waals surface area (Å²) in [5, 5.41) is 12.0. The van der Waals surface area contributed by atoms with Gasteiger partial charge < -0.3 is 10.4 Å². The van der Waals surface area contributed by atoms with Crippen LogP contribution in [-0.2, 0) is 16.0 Å². The van der Waals surface area contributed by atoms with E-state index in [9.17, 15) is 18.4 Å². The molecule has 0 spiro atoms. The Kier molecular flexibility index (Phi) is 10.1. The van der Waals surface area contributed by atoms with E-state index in [4.69, 9.17) is 5.11 Å². The van der Waals surface area contributed by atoms with Crippen LogP contribution in [0.25, 0.3) is 5.57 Å². The lowest BCUT2D eigenvalue weighted by Crippen LogP contribution is -2.27. The molecular weight excluding hydrogens is 491 g/mol. The second kappa shape index (κ2) is 13.3. The lowest BCUT2D eigenvalue weighted by molar-refractivity contribution is -0.137. The molecule has 1 fully saturated rings. The Morgan fingerprint density at radius 3 is 2.47 bits per heavy atom.